The summed E-state index contributed by atoms with van der Waals surface area (Å²) in [5.74, 6) is 0.862. The van der Waals surface area contributed by atoms with Crippen LogP contribution in [0.1, 0.15) is 43.7 Å². The molecule has 0 heterocycles. The summed E-state index contributed by atoms with van der Waals surface area (Å²) in [6.07, 6.45) is 4.82. The quantitative estimate of drug-likeness (QED) is 0.716. The van der Waals surface area contributed by atoms with E-state index in [9.17, 15) is 5.11 Å². The Kier molecular flexibility index (Phi) is 5.94. The van der Waals surface area contributed by atoms with Crippen molar-refractivity contribution in [2.75, 3.05) is 6.61 Å². The maximum Gasteiger partial charge on any atom is 0.127 e. The molecule has 2 heteroatoms. The van der Waals surface area contributed by atoms with Crippen LogP contribution < -0.4 is 4.74 Å². The van der Waals surface area contributed by atoms with E-state index in [1.54, 1.807) is 0 Å². The number of benzene rings is 1. The van der Waals surface area contributed by atoms with Crippen LogP contribution in [0.3, 0.4) is 0 Å². The smallest absolute Gasteiger partial charge is 0.127 e. The van der Waals surface area contributed by atoms with Crippen molar-refractivity contribution >= 4 is 0 Å². The minimum absolute atomic E-state index is 0.0476. The molecule has 0 saturated heterocycles. The van der Waals surface area contributed by atoms with Gasteiger partial charge in [-0.1, -0.05) is 44.4 Å². The van der Waals surface area contributed by atoms with Gasteiger partial charge in [0.05, 0.1) is 13.2 Å². The predicted octanol–water partition coefficient (Wildman–Crippen LogP) is 3.45. The van der Waals surface area contributed by atoms with Gasteiger partial charge >= 0.3 is 0 Å². The van der Waals surface area contributed by atoms with E-state index < -0.39 is 0 Å². The van der Waals surface area contributed by atoms with Crippen molar-refractivity contribution in [1.29, 1.82) is 0 Å². The van der Waals surface area contributed by atoms with E-state index >= 15 is 0 Å². The largest absolute Gasteiger partial charge is 0.493 e. The first-order chi connectivity index (χ1) is 7.79. The zero-order valence-electron chi connectivity index (χ0n) is 10.3. The molecule has 1 aromatic rings. The summed E-state index contributed by atoms with van der Waals surface area (Å²) >= 11 is 0. The van der Waals surface area contributed by atoms with Crippen molar-refractivity contribution < 1.29 is 9.84 Å². The van der Waals surface area contributed by atoms with Crippen LogP contribution in [-0.4, -0.2) is 11.7 Å². The van der Waals surface area contributed by atoms with Gasteiger partial charge in [-0.15, -0.1) is 0 Å². The zero-order chi connectivity index (χ0) is 11.8. The summed E-state index contributed by atoms with van der Waals surface area (Å²) in [5, 5.41) is 9.20. The third-order valence-corrected chi connectivity index (χ3v) is 2.71. The second-order valence-electron chi connectivity index (χ2n) is 4.13. The van der Waals surface area contributed by atoms with Crippen molar-refractivity contribution in [2.24, 2.45) is 0 Å². The molecule has 2 nitrogen and oxygen atoms in total. The number of hydrogen-bond acceptors (Lipinski definition) is 2. The molecule has 0 aliphatic rings. The first-order valence-corrected chi connectivity index (χ1v) is 6.11. The summed E-state index contributed by atoms with van der Waals surface area (Å²) in [4.78, 5) is 0. The standard InChI is InChI=1S/C14H22O2/c1-3-4-5-6-10-16-14-12(2)8-7-9-13(14)11-15/h7-9,15H,3-6,10-11H2,1-2H3. The van der Waals surface area contributed by atoms with Crippen LogP contribution in [-0.2, 0) is 6.61 Å². The van der Waals surface area contributed by atoms with Gasteiger partial charge in [0.15, 0.2) is 0 Å². The van der Waals surface area contributed by atoms with Crippen LogP contribution in [0.5, 0.6) is 5.75 Å². The van der Waals surface area contributed by atoms with E-state index in [-0.39, 0.29) is 6.61 Å². The number of para-hydroxylation sites is 1. The first-order valence-electron chi connectivity index (χ1n) is 6.11. The van der Waals surface area contributed by atoms with Gasteiger partial charge in [0, 0.05) is 5.56 Å². The molecule has 16 heavy (non-hydrogen) atoms. The molecule has 1 N–H and O–H groups in total. The molecule has 0 bridgehead atoms. The Labute approximate surface area is 98.3 Å². The molecular formula is C14H22O2. The van der Waals surface area contributed by atoms with Crippen molar-refractivity contribution in [3.63, 3.8) is 0 Å². The van der Waals surface area contributed by atoms with Gasteiger partial charge in [-0.05, 0) is 18.9 Å². The summed E-state index contributed by atoms with van der Waals surface area (Å²) in [5.41, 5.74) is 1.98. The Morgan fingerprint density at radius 2 is 2.00 bits per heavy atom. The molecular weight excluding hydrogens is 200 g/mol. The number of ether oxygens (including phenoxy) is 1. The molecule has 0 amide bonds. The molecule has 0 fully saturated rings. The highest BCUT2D eigenvalue weighted by atomic mass is 16.5. The van der Waals surface area contributed by atoms with E-state index in [4.69, 9.17) is 4.74 Å². The number of rotatable bonds is 7. The maximum atomic E-state index is 9.20. The first kappa shape index (κ1) is 13.0. The lowest BCUT2D eigenvalue weighted by Gasteiger charge is -2.12. The van der Waals surface area contributed by atoms with Crippen molar-refractivity contribution in [3.05, 3.63) is 29.3 Å². The van der Waals surface area contributed by atoms with E-state index in [1.165, 1.54) is 19.3 Å². The molecule has 0 atom stereocenters. The van der Waals surface area contributed by atoms with Crippen LogP contribution in [0.15, 0.2) is 18.2 Å². The maximum absolute atomic E-state index is 9.20. The van der Waals surface area contributed by atoms with Gasteiger partial charge in [0.2, 0.25) is 0 Å². The van der Waals surface area contributed by atoms with Crippen molar-refractivity contribution in [1.82, 2.24) is 0 Å². The Morgan fingerprint density at radius 3 is 2.69 bits per heavy atom. The van der Waals surface area contributed by atoms with Gasteiger partial charge < -0.3 is 9.84 Å². The summed E-state index contributed by atoms with van der Waals surface area (Å²) in [6, 6.07) is 5.87. The van der Waals surface area contributed by atoms with Gasteiger partial charge in [-0.25, -0.2) is 0 Å². The highest BCUT2D eigenvalue weighted by Crippen LogP contribution is 2.23. The van der Waals surface area contributed by atoms with E-state index in [0.29, 0.717) is 0 Å². The Hall–Kier alpha value is -1.02. The molecule has 0 unspecified atom stereocenters. The molecule has 1 rings (SSSR count). The Bertz CT molecular complexity index is 308. The average molecular weight is 222 g/mol. The van der Waals surface area contributed by atoms with Crippen LogP contribution in [0, 0.1) is 6.92 Å². The number of aliphatic hydroxyl groups excluding tert-OH is 1. The van der Waals surface area contributed by atoms with Crippen LogP contribution >= 0.6 is 0 Å². The highest BCUT2D eigenvalue weighted by Gasteiger charge is 2.05. The molecule has 0 aliphatic heterocycles. The minimum Gasteiger partial charge on any atom is -0.493 e. The van der Waals surface area contributed by atoms with Crippen molar-refractivity contribution in [3.8, 4) is 5.75 Å². The topological polar surface area (TPSA) is 29.5 Å². The summed E-state index contributed by atoms with van der Waals surface area (Å²) in [6.45, 7) is 5.01. The molecule has 0 saturated carbocycles. The molecule has 0 spiro atoms. The van der Waals surface area contributed by atoms with E-state index in [1.807, 2.05) is 25.1 Å². The third-order valence-electron chi connectivity index (χ3n) is 2.71. The van der Waals surface area contributed by atoms with E-state index in [2.05, 4.69) is 6.92 Å². The Morgan fingerprint density at radius 1 is 1.19 bits per heavy atom. The fourth-order valence-electron chi connectivity index (χ4n) is 1.75. The monoisotopic (exact) mass is 222 g/mol. The lowest BCUT2D eigenvalue weighted by molar-refractivity contribution is 0.259. The number of unbranched alkanes of at least 4 members (excludes halogenated alkanes) is 3. The van der Waals surface area contributed by atoms with Crippen LogP contribution in [0.2, 0.25) is 0 Å². The lowest BCUT2D eigenvalue weighted by Crippen LogP contribution is -2.02. The average Bonchev–Trinajstić information content (AvgIpc) is 2.30. The molecule has 0 aromatic heterocycles. The minimum atomic E-state index is 0.0476. The van der Waals surface area contributed by atoms with Gasteiger partial charge in [-0.2, -0.15) is 0 Å². The normalized spacial score (nSPS) is 10.4. The second-order valence-corrected chi connectivity index (χ2v) is 4.13. The van der Waals surface area contributed by atoms with Crippen LogP contribution in [0.4, 0.5) is 0 Å². The number of hydrogen-bond donors (Lipinski definition) is 1. The van der Waals surface area contributed by atoms with E-state index in [0.717, 1.165) is 29.9 Å². The molecule has 0 radical (unpaired) electrons. The SMILES string of the molecule is CCCCCCOc1c(C)cccc1CO. The summed E-state index contributed by atoms with van der Waals surface area (Å²) < 4.78 is 5.75. The predicted molar refractivity (Wildman–Crippen MR) is 66.7 cm³/mol. The zero-order valence-corrected chi connectivity index (χ0v) is 10.3. The third kappa shape index (κ3) is 3.86. The van der Waals surface area contributed by atoms with Gasteiger partial charge in [0.25, 0.3) is 0 Å². The second kappa shape index (κ2) is 7.29. The van der Waals surface area contributed by atoms with Crippen molar-refractivity contribution in [2.45, 2.75) is 46.1 Å². The fraction of sp³-hybridized carbons (Fsp3) is 0.571. The Balaban J connectivity index is 2.46. The summed E-state index contributed by atoms with van der Waals surface area (Å²) in [7, 11) is 0. The highest BCUT2D eigenvalue weighted by molar-refractivity contribution is 5.40. The number of aliphatic hydroxyl groups is 1. The lowest BCUT2D eigenvalue weighted by atomic mass is 10.1. The number of aryl methyl sites for hydroxylation is 1. The molecule has 90 valence electrons. The molecule has 0 aliphatic carbocycles. The van der Waals surface area contributed by atoms with Gasteiger partial charge in [0.1, 0.15) is 5.75 Å². The van der Waals surface area contributed by atoms with Gasteiger partial charge in [-0.3, -0.25) is 0 Å². The van der Waals surface area contributed by atoms with Crippen LogP contribution in [0.25, 0.3) is 0 Å². The fourth-order valence-corrected chi connectivity index (χ4v) is 1.75. The molecule has 1 aromatic carbocycles.